The number of likely N-dealkylation sites (tertiary alicyclic amines) is 1. The lowest BCUT2D eigenvalue weighted by atomic mass is 9.66. The van der Waals surface area contributed by atoms with Crippen molar-refractivity contribution in [2.24, 2.45) is 11.8 Å². The number of esters is 1. The van der Waals surface area contributed by atoms with E-state index in [-0.39, 0.29) is 30.4 Å². The average Bonchev–Trinajstić information content (AvgIpc) is 3.57. The van der Waals surface area contributed by atoms with E-state index in [0.29, 0.717) is 19.6 Å². The molecule has 4 aliphatic rings. The van der Waals surface area contributed by atoms with Gasteiger partial charge in [0, 0.05) is 17.3 Å². The number of rotatable bonds is 13. The largest absolute Gasteiger partial charge is 0.465 e. The minimum absolute atomic E-state index is 0.0813. The van der Waals surface area contributed by atoms with Crippen LogP contribution in [0.4, 0.5) is 0 Å². The van der Waals surface area contributed by atoms with Gasteiger partial charge in [-0.15, -0.1) is 24.9 Å². The van der Waals surface area contributed by atoms with Crippen molar-refractivity contribution in [1.82, 2.24) is 9.80 Å². The Hall–Kier alpha value is -2.58. The number of thioether (sulfide) groups is 1. The van der Waals surface area contributed by atoms with Gasteiger partial charge in [0.1, 0.15) is 6.04 Å². The summed E-state index contributed by atoms with van der Waals surface area (Å²) in [5.74, 6) is -1.95. The number of aliphatic hydroxyl groups is 1. The second-order valence-corrected chi connectivity index (χ2v) is 14.5. The van der Waals surface area contributed by atoms with Crippen LogP contribution in [0.15, 0.2) is 55.6 Å². The Morgan fingerprint density at radius 2 is 1.88 bits per heavy atom. The van der Waals surface area contributed by atoms with Gasteiger partial charge in [0.25, 0.3) is 0 Å². The molecule has 7 nitrogen and oxygen atoms in total. The van der Waals surface area contributed by atoms with Gasteiger partial charge < -0.3 is 19.6 Å². The predicted octanol–water partition coefficient (Wildman–Crippen LogP) is 5.45. The van der Waals surface area contributed by atoms with Crippen LogP contribution in [-0.2, 0) is 19.1 Å². The lowest BCUT2D eigenvalue weighted by molar-refractivity contribution is -0.156. The van der Waals surface area contributed by atoms with E-state index < -0.39 is 33.4 Å². The number of benzene rings is 1. The Balaban J connectivity index is 1.54. The molecule has 6 atom stereocenters. The maximum Gasteiger partial charge on any atom is 0.311 e. The number of allylic oxidation sites excluding steroid dienone is 1. The summed E-state index contributed by atoms with van der Waals surface area (Å²) < 4.78 is 4.57. The van der Waals surface area contributed by atoms with Gasteiger partial charge in [-0.1, -0.05) is 61.7 Å². The molecule has 2 bridgehead atoms. The van der Waals surface area contributed by atoms with E-state index in [1.165, 1.54) is 6.42 Å². The summed E-state index contributed by atoms with van der Waals surface area (Å²) in [6.07, 6.45) is 12.7. The van der Waals surface area contributed by atoms with E-state index in [0.717, 1.165) is 56.9 Å². The summed E-state index contributed by atoms with van der Waals surface area (Å²) in [4.78, 5) is 46.9. The average molecular weight is 595 g/mol. The van der Waals surface area contributed by atoms with Crippen LogP contribution in [0, 0.1) is 11.8 Å². The van der Waals surface area contributed by atoms with Crippen LogP contribution in [0.25, 0.3) is 0 Å². The number of carbonyl (C=O) groups excluding carboxylic acids is 3. The Morgan fingerprint density at radius 3 is 2.55 bits per heavy atom. The maximum absolute atomic E-state index is 14.9. The van der Waals surface area contributed by atoms with Gasteiger partial charge in [-0.05, 0) is 57.4 Å². The monoisotopic (exact) mass is 594 g/mol. The Kier molecular flexibility index (Phi) is 9.53. The molecule has 2 amide bonds. The van der Waals surface area contributed by atoms with E-state index in [9.17, 15) is 19.5 Å². The van der Waals surface area contributed by atoms with Crippen LogP contribution in [0.3, 0.4) is 0 Å². The standard InChI is InChI=1S/C34H46N2O5S/c1-4-6-7-14-22-41-32(40)28-27-30(38)36(26(23-37)24-15-10-8-11-16-24)29(34(27)20-19-33(28,3)42-34)31(39)35(21-5-2)25-17-12-9-13-18-25/h4-5,8,10-11,15-16,25-29,37H,1-2,6-7,9,12-14,17-23H2,3H3/t26-,27+,28+,29?,33-,34?/m1/s1. The van der Waals surface area contributed by atoms with Gasteiger partial charge in [0.05, 0.1) is 35.8 Å². The molecule has 1 saturated carbocycles. The van der Waals surface area contributed by atoms with Crippen molar-refractivity contribution in [2.75, 3.05) is 19.8 Å². The number of hydrogen-bond donors (Lipinski definition) is 1. The van der Waals surface area contributed by atoms with Crippen molar-refractivity contribution in [2.45, 2.75) is 98.8 Å². The van der Waals surface area contributed by atoms with Crippen LogP contribution >= 0.6 is 11.8 Å². The van der Waals surface area contributed by atoms with E-state index in [2.05, 4.69) is 20.1 Å². The summed E-state index contributed by atoms with van der Waals surface area (Å²) in [6.45, 7) is 10.2. The molecule has 4 fully saturated rings. The lowest BCUT2D eigenvalue weighted by Gasteiger charge is -2.42. The quantitative estimate of drug-likeness (QED) is 0.186. The Labute approximate surface area is 254 Å². The zero-order valence-corrected chi connectivity index (χ0v) is 25.7. The molecule has 1 aromatic carbocycles. The van der Waals surface area contributed by atoms with Gasteiger partial charge in [-0.2, -0.15) is 0 Å². The third-order valence-corrected chi connectivity index (χ3v) is 12.1. The van der Waals surface area contributed by atoms with Gasteiger partial charge in [-0.25, -0.2) is 0 Å². The van der Waals surface area contributed by atoms with Gasteiger partial charge >= 0.3 is 5.97 Å². The number of amides is 2. The third kappa shape index (κ3) is 5.34. The van der Waals surface area contributed by atoms with Gasteiger partial charge in [0.2, 0.25) is 11.8 Å². The molecule has 228 valence electrons. The fraction of sp³-hybridized carbons (Fsp3) is 0.618. The van der Waals surface area contributed by atoms with Crippen LogP contribution < -0.4 is 0 Å². The van der Waals surface area contributed by atoms with Crippen LogP contribution in [0.2, 0.25) is 0 Å². The van der Waals surface area contributed by atoms with Gasteiger partial charge in [0.15, 0.2) is 0 Å². The summed E-state index contributed by atoms with van der Waals surface area (Å²) in [6, 6.07) is 8.07. The smallest absolute Gasteiger partial charge is 0.311 e. The molecule has 42 heavy (non-hydrogen) atoms. The third-order valence-electron chi connectivity index (χ3n) is 10.1. The molecule has 1 aliphatic carbocycles. The number of fused-ring (bicyclic) bond motifs is 1. The fourth-order valence-corrected chi connectivity index (χ4v) is 10.5. The first kappa shape index (κ1) is 30.9. The van der Waals surface area contributed by atoms with Crippen LogP contribution in [-0.4, -0.2) is 74.0 Å². The highest BCUT2D eigenvalue weighted by Gasteiger charge is 2.78. The number of unbranched alkanes of at least 4 members (excludes halogenated alkanes) is 2. The molecule has 3 aliphatic heterocycles. The Bertz CT molecular complexity index is 1170. The Morgan fingerprint density at radius 1 is 1.14 bits per heavy atom. The molecule has 2 unspecified atom stereocenters. The maximum atomic E-state index is 14.9. The number of hydrogen-bond acceptors (Lipinski definition) is 6. The van der Waals surface area contributed by atoms with Gasteiger partial charge in [-0.3, -0.25) is 14.4 Å². The molecule has 3 saturated heterocycles. The zero-order valence-electron chi connectivity index (χ0n) is 24.9. The van der Waals surface area contributed by atoms with E-state index in [1.807, 2.05) is 41.3 Å². The predicted molar refractivity (Wildman–Crippen MR) is 166 cm³/mol. The number of nitrogens with zero attached hydrogens (tertiary/aromatic N) is 2. The highest BCUT2D eigenvalue weighted by Crippen LogP contribution is 2.72. The fourth-order valence-electron chi connectivity index (χ4n) is 8.13. The van der Waals surface area contributed by atoms with Crippen molar-refractivity contribution >= 4 is 29.5 Å². The zero-order chi connectivity index (χ0) is 29.9. The summed E-state index contributed by atoms with van der Waals surface area (Å²) >= 11 is 1.65. The minimum Gasteiger partial charge on any atom is -0.465 e. The van der Waals surface area contributed by atoms with E-state index >= 15 is 0 Å². The number of ether oxygens (including phenoxy) is 1. The topological polar surface area (TPSA) is 87.1 Å². The molecule has 1 N–H and O–H groups in total. The highest BCUT2D eigenvalue weighted by molar-refractivity contribution is 8.02. The van der Waals surface area contributed by atoms with Crippen molar-refractivity contribution < 1.29 is 24.2 Å². The number of carbonyl (C=O) groups is 3. The molecule has 0 aromatic heterocycles. The normalized spacial score (nSPS) is 31.0. The summed E-state index contributed by atoms with van der Waals surface area (Å²) in [7, 11) is 0. The molecular weight excluding hydrogens is 548 g/mol. The second-order valence-electron chi connectivity index (χ2n) is 12.6. The first-order valence-electron chi connectivity index (χ1n) is 15.7. The van der Waals surface area contributed by atoms with E-state index in [4.69, 9.17) is 4.74 Å². The van der Waals surface area contributed by atoms with Crippen molar-refractivity contribution in [1.29, 1.82) is 0 Å². The first-order valence-corrected chi connectivity index (χ1v) is 16.5. The second kappa shape index (κ2) is 13.0. The highest BCUT2D eigenvalue weighted by atomic mass is 32.2. The molecular formula is C34H46N2O5S. The number of aliphatic hydroxyl groups excluding tert-OH is 1. The minimum atomic E-state index is -0.786. The summed E-state index contributed by atoms with van der Waals surface area (Å²) in [5.41, 5.74) is 0.780. The molecule has 1 aromatic rings. The van der Waals surface area contributed by atoms with Crippen LogP contribution in [0.5, 0.6) is 0 Å². The first-order chi connectivity index (χ1) is 20.3. The molecule has 5 rings (SSSR count). The molecule has 3 heterocycles. The molecule has 0 radical (unpaired) electrons. The van der Waals surface area contributed by atoms with E-state index in [1.54, 1.807) is 22.7 Å². The van der Waals surface area contributed by atoms with Crippen molar-refractivity contribution in [3.8, 4) is 0 Å². The van der Waals surface area contributed by atoms with Crippen molar-refractivity contribution in [3.63, 3.8) is 0 Å². The lowest BCUT2D eigenvalue weighted by Crippen LogP contribution is -2.57. The molecule has 1 spiro atoms. The van der Waals surface area contributed by atoms with Crippen LogP contribution in [0.1, 0.15) is 82.7 Å². The molecule has 8 heteroatoms. The SMILES string of the molecule is C=CCCCCOC(=O)[C@@H]1[C@H]2C(=O)N([C@H](CO)c3ccccc3)C(C(=O)N(CC=C)C3CCCCC3)C23CC[C@@]1(C)S3. The summed E-state index contributed by atoms with van der Waals surface area (Å²) in [5, 5.41) is 10.8. The van der Waals surface area contributed by atoms with Crippen molar-refractivity contribution in [3.05, 3.63) is 61.2 Å².